The molecule has 0 saturated heterocycles. The standard InChI is InChI=1S/C22H24N2O5/c1-13(5-7-18(25)24-15-8-10-23-11-9-15)4-6-16-20(26)19-17(12-29-22(19)27)14(2)21(16)28-3/h4,8-11,26H,5-7,12H2,1-3H3,(H,23,24,25). The lowest BCUT2D eigenvalue weighted by atomic mass is 9.94. The number of hydrogen-bond acceptors (Lipinski definition) is 6. The molecule has 3 rings (SSSR count). The van der Waals surface area contributed by atoms with Crippen molar-refractivity contribution in [3.63, 3.8) is 0 Å². The summed E-state index contributed by atoms with van der Waals surface area (Å²) < 4.78 is 10.5. The monoisotopic (exact) mass is 396 g/mol. The maximum atomic E-state index is 12.1. The molecule has 1 amide bonds. The summed E-state index contributed by atoms with van der Waals surface area (Å²) in [6.07, 6.45) is 6.47. The lowest BCUT2D eigenvalue weighted by molar-refractivity contribution is -0.116. The maximum absolute atomic E-state index is 12.1. The average molecular weight is 396 g/mol. The molecule has 0 atom stereocenters. The number of ether oxygens (including phenoxy) is 2. The molecule has 0 saturated carbocycles. The number of methoxy groups -OCH3 is 1. The molecule has 0 unspecified atom stereocenters. The summed E-state index contributed by atoms with van der Waals surface area (Å²) in [6, 6.07) is 3.47. The quantitative estimate of drug-likeness (QED) is 0.547. The van der Waals surface area contributed by atoms with Crippen LogP contribution in [0.1, 0.15) is 46.8 Å². The van der Waals surface area contributed by atoms with E-state index in [1.807, 2.05) is 19.9 Å². The van der Waals surface area contributed by atoms with Gasteiger partial charge in [0.15, 0.2) is 0 Å². The number of pyridine rings is 1. The first-order valence-corrected chi connectivity index (χ1v) is 9.36. The maximum Gasteiger partial charge on any atom is 0.342 e. The molecule has 7 nitrogen and oxygen atoms in total. The Labute approximate surface area is 169 Å². The number of benzene rings is 1. The number of anilines is 1. The smallest absolute Gasteiger partial charge is 0.342 e. The van der Waals surface area contributed by atoms with Gasteiger partial charge in [-0.2, -0.15) is 0 Å². The molecule has 1 aromatic carbocycles. The van der Waals surface area contributed by atoms with Crippen molar-refractivity contribution in [3.05, 3.63) is 58.4 Å². The van der Waals surface area contributed by atoms with Crippen LogP contribution in [0, 0.1) is 6.92 Å². The van der Waals surface area contributed by atoms with Gasteiger partial charge in [0, 0.05) is 35.6 Å². The number of nitrogens with one attached hydrogen (secondary N) is 1. The number of rotatable bonds is 7. The van der Waals surface area contributed by atoms with E-state index >= 15 is 0 Å². The minimum absolute atomic E-state index is 0.0829. The molecule has 29 heavy (non-hydrogen) atoms. The number of cyclic esters (lactones) is 1. The third-order valence-electron chi connectivity index (χ3n) is 5.01. The van der Waals surface area contributed by atoms with Crippen LogP contribution in [0.2, 0.25) is 0 Å². The number of phenols is 1. The van der Waals surface area contributed by atoms with Crippen LogP contribution in [0.15, 0.2) is 36.2 Å². The Kier molecular flexibility index (Phi) is 6.16. The van der Waals surface area contributed by atoms with Crippen molar-refractivity contribution in [2.45, 2.75) is 39.7 Å². The van der Waals surface area contributed by atoms with E-state index in [2.05, 4.69) is 10.3 Å². The first kappa shape index (κ1) is 20.4. The molecule has 152 valence electrons. The highest BCUT2D eigenvalue weighted by atomic mass is 16.5. The van der Waals surface area contributed by atoms with Crippen molar-refractivity contribution in [1.29, 1.82) is 0 Å². The molecule has 2 N–H and O–H groups in total. The zero-order valence-electron chi connectivity index (χ0n) is 16.7. The van der Waals surface area contributed by atoms with Crippen LogP contribution in [-0.4, -0.2) is 29.1 Å². The van der Waals surface area contributed by atoms with Crippen molar-refractivity contribution in [3.8, 4) is 11.5 Å². The fourth-order valence-corrected chi connectivity index (χ4v) is 3.38. The number of allylic oxidation sites excluding steroid dienone is 2. The van der Waals surface area contributed by atoms with Crippen LogP contribution in [0.4, 0.5) is 5.69 Å². The number of aromatic hydroxyl groups is 1. The second-order valence-corrected chi connectivity index (χ2v) is 6.95. The fraction of sp³-hybridized carbons (Fsp3) is 0.318. The summed E-state index contributed by atoms with van der Waals surface area (Å²) in [7, 11) is 1.54. The van der Waals surface area contributed by atoms with E-state index in [1.54, 1.807) is 24.5 Å². The van der Waals surface area contributed by atoms with E-state index in [-0.39, 0.29) is 23.8 Å². The zero-order valence-corrected chi connectivity index (χ0v) is 16.7. The Balaban J connectivity index is 1.69. The van der Waals surface area contributed by atoms with Crippen molar-refractivity contribution in [1.82, 2.24) is 4.98 Å². The molecule has 0 aliphatic carbocycles. The SMILES string of the molecule is COc1c(C)c2c(c(O)c1CC=C(C)CCC(=O)Nc1ccncc1)C(=O)OC2. The summed E-state index contributed by atoms with van der Waals surface area (Å²) in [5.74, 6) is -0.137. The van der Waals surface area contributed by atoms with Gasteiger partial charge in [0.25, 0.3) is 0 Å². The second kappa shape index (κ2) is 8.77. The third-order valence-corrected chi connectivity index (χ3v) is 5.01. The van der Waals surface area contributed by atoms with E-state index in [0.29, 0.717) is 41.8 Å². The lowest BCUT2D eigenvalue weighted by Gasteiger charge is -2.15. The number of esters is 1. The summed E-state index contributed by atoms with van der Waals surface area (Å²) in [5.41, 5.74) is 3.94. The van der Waals surface area contributed by atoms with E-state index in [9.17, 15) is 14.7 Å². The van der Waals surface area contributed by atoms with Crippen LogP contribution in [0.3, 0.4) is 0 Å². The number of carbonyl (C=O) groups is 2. The predicted octanol–water partition coefficient (Wildman–Crippen LogP) is 3.68. The zero-order chi connectivity index (χ0) is 21.0. The highest BCUT2D eigenvalue weighted by Crippen LogP contribution is 2.42. The molecular formula is C22H24N2O5. The topological polar surface area (TPSA) is 97.8 Å². The van der Waals surface area contributed by atoms with E-state index < -0.39 is 5.97 Å². The lowest BCUT2D eigenvalue weighted by Crippen LogP contribution is -2.11. The Bertz CT molecular complexity index is 967. The summed E-state index contributed by atoms with van der Waals surface area (Å²) in [5, 5.41) is 13.5. The van der Waals surface area contributed by atoms with Crippen LogP contribution >= 0.6 is 0 Å². The molecule has 1 aromatic heterocycles. The third kappa shape index (κ3) is 4.39. The summed E-state index contributed by atoms with van der Waals surface area (Å²) >= 11 is 0. The first-order valence-electron chi connectivity index (χ1n) is 9.36. The van der Waals surface area contributed by atoms with Crippen LogP contribution in [0.25, 0.3) is 0 Å². The van der Waals surface area contributed by atoms with Gasteiger partial charge in [-0.15, -0.1) is 0 Å². The molecule has 0 bridgehead atoms. The minimum atomic E-state index is -0.516. The molecule has 2 aromatic rings. The highest BCUT2D eigenvalue weighted by Gasteiger charge is 2.31. The van der Waals surface area contributed by atoms with Crippen molar-refractivity contribution >= 4 is 17.6 Å². The average Bonchev–Trinajstić information content (AvgIpc) is 3.11. The molecule has 1 aliphatic rings. The van der Waals surface area contributed by atoms with Gasteiger partial charge >= 0.3 is 5.97 Å². The Morgan fingerprint density at radius 3 is 2.76 bits per heavy atom. The second-order valence-electron chi connectivity index (χ2n) is 6.95. The molecular weight excluding hydrogens is 372 g/mol. The number of nitrogens with zero attached hydrogens (tertiary/aromatic N) is 1. The van der Waals surface area contributed by atoms with Gasteiger partial charge in [-0.3, -0.25) is 9.78 Å². The minimum Gasteiger partial charge on any atom is -0.507 e. The Morgan fingerprint density at radius 2 is 2.07 bits per heavy atom. The normalized spacial score (nSPS) is 13.1. The van der Waals surface area contributed by atoms with E-state index in [4.69, 9.17) is 9.47 Å². The van der Waals surface area contributed by atoms with Gasteiger partial charge in [0.05, 0.1) is 7.11 Å². The molecule has 1 aliphatic heterocycles. The highest BCUT2D eigenvalue weighted by molar-refractivity contribution is 5.98. The number of phenolic OH excluding ortho intramolecular Hbond substituents is 1. The number of carbonyl (C=O) groups excluding carboxylic acids is 2. The fourth-order valence-electron chi connectivity index (χ4n) is 3.38. The van der Waals surface area contributed by atoms with Gasteiger partial charge in [-0.05, 0) is 44.4 Å². The molecule has 0 fully saturated rings. The number of hydrogen-bond donors (Lipinski definition) is 2. The van der Waals surface area contributed by atoms with E-state index in [0.717, 1.165) is 11.1 Å². The van der Waals surface area contributed by atoms with Crippen molar-refractivity contribution in [2.75, 3.05) is 12.4 Å². The Hall–Kier alpha value is -3.35. The van der Waals surface area contributed by atoms with E-state index in [1.165, 1.54) is 7.11 Å². The summed E-state index contributed by atoms with van der Waals surface area (Å²) in [6.45, 7) is 3.92. The van der Waals surface area contributed by atoms with Crippen molar-refractivity contribution < 1.29 is 24.2 Å². The molecule has 0 spiro atoms. The van der Waals surface area contributed by atoms with Gasteiger partial charge in [0.2, 0.25) is 5.91 Å². The molecule has 7 heteroatoms. The van der Waals surface area contributed by atoms with Gasteiger partial charge in [-0.25, -0.2) is 4.79 Å². The first-order chi connectivity index (χ1) is 13.9. The number of fused-ring (bicyclic) bond motifs is 1. The largest absolute Gasteiger partial charge is 0.507 e. The summed E-state index contributed by atoms with van der Waals surface area (Å²) in [4.78, 5) is 28.0. The predicted molar refractivity (Wildman–Crippen MR) is 108 cm³/mol. The number of aromatic nitrogens is 1. The van der Waals surface area contributed by atoms with Gasteiger partial charge in [0.1, 0.15) is 23.7 Å². The Morgan fingerprint density at radius 1 is 1.34 bits per heavy atom. The van der Waals surface area contributed by atoms with Crippen LogP contribution < -0.4 is 10.1 Å². The van der Waals surface area contributed by atoms with Crippen LogP contribution in [-0.2, 0) is 22.6 Å². The van der Waals surface area contributed by atoms with Crippen molar-refractivity contribution in [2.24, 2.45) is 0 Å². The molecule has 2 heterocycles. The van der Waals surface area contributed by atoms with Gasteiger partial charge in [-0.1, -0.05) is 11.6 Å². The van der Waals surface area contributed by atoms with Gasteiger partial charge < -0.3 is 19.9 Å². The molecule has 0 radical (unpaired) electrons. The van der Waals surface area contributed by atoms with Crippen LogP contribution in [0.5, 0.6) is 11.5 Å². The number of amides is 1.